The highest BCUT2D eigenvalue weighted by Gasteiger charge is 2.61. The number of fused-ring (bicyclic) bond motifs is 1. The van der Waals surface area contributed by atoms with E-state index < -0.39 is 67.9 Å². The van der Waals surface area contributed by atoms with Crippen LogP contribution in [-0.4, -0.2) is 78.5 Å². The number of likely N-dealkylation sites (tertiary alicyclic amines) is 1. The van der Waals surface area contributed by atoms with E-state index in [-0.39, 0.29) is 50.0 Å². The number of methoxy groups -OCH3 is 1. The monoisotopic (exact) mass is 779 g/mol. The number of hydrogen-bond donors (Lipinski definition) is 1. The normalized spacial score (nSPS) is 24.0. The zero-order chi connectivity index (χ0) is 40.3. The number of carbonyl (C=O) groups is 4. The number of nitrogens with one attached hydrogen (secondary N) is 1. The van der Waals surface area contributed by atoms with Crippen LogP contribution < -0.4 is 14.2 Å². The van der Waals surface area contributed by atoms with E-state index in [0.29, 0.717) is 36.3 Å². The van der Waals surface area contributed by atoms with Gasteiger partial charge in [0.25, 0.3) is 0 Å². The summed E-state index contributed by atoms with van der Waals surface area (Å²) in [6, 6.07) is 6.46. The molecule has 12 nitrogen and oxygen atoms in total. The molecule has 1 saturated heterocycles. The van der Waals surface area contributed by atoms with E-state index >= 15 is 0 Å². The lowest BCUT2D eigenvalue weighted by Crippen LogP contribution is -2.47. The highest BCUT2D eigenvalue weighted by Crippen LogP contribution is 2.57. The first-order valence-corrected chi connectivity index (χ1v) is 20.9. The predicted molar refractivity (Wildman–Crippen MR) is 210 cm³/mol. The van der Waals surface area contributed by atoms with Crippen molar-refractivity contribution in [1.29, 1.82) is 0 Å². The van der Waals surface area contributed by atoms with E-state index in [2.05, 4.69) is 29.8 Å². The van der Waals surface area contributed by atoms with Crippen LogP contribution in [0.4, 0.5) is 0 Å². The molecule has 55 heavy (non-hydrogen) atoms. The van der Waals surface area contributed by atoms with Crippen molar-refractivity contribution in [2.75, 3.05) is 13.7 Å². The van der Waals surface area contributed by atoms with E-state index in [0.717, 1.165) is 18.2 Å². The Morgan fingerprint density at radius 3 is 2.40 bits per heavy atom. The molecular formula is C42H57N3O9S. The maximum absolute atomic E-state index is 14.9. The molecule has 3 aliphatic rings. The second kappa shape index (κ2) is 16.9. The topological polar surface area (TPSA) is 158 Å². The molecule has 13 heteroatoms. The second-order valence-electron chi connectivity index (χ2n) is 16.8. The third kappa shape index (κ3) is 9.95. The van der Waals surface area contributed by atoms with Gasteiger partial charge in [0.05, 0.1) is 48.9 Å². The number of aromatic nitrogens is 1. The molecule has 2 aliphatic carbocycles. The predicted octanol–water partition coefficient (Wildman–Crippen LogP) is 6.33. The van der Waals surface area contributed by atoms with Crippen LogP contribution in [0.3, 0.4) is 0 Å². The van der Waals surface area contributed by atoms with Crippen molar-refractivity contribution in [2.45, 2.75) is 115 Å². The number of allylic oxidation sites excluding steroid dienone is 2. The molecule has 2 saturated carbocycles. The van der Waals surface area contributed by atoms with Gasteiger partial charge >= 0.3 is 5.97 Å². The molecule has 5 rings (SSSR count). The number of amides is 2. The number of benzene rings is 1. The number of hydrogen-bond acceptors (Lipinski definition) is 10. The number of Topliss-reactive ketones (excluding diaryl/α,β-unsaturated/α-hetero) is 1. The number of sulfonamides is 1. The summed E-state index contributed by atoms with van der Waals surface area (Å²) in [6.45, 7) is 17.1. The Labute approximate surface area is 325 Å². The molecule has 300 valence electrons. The van der Waals surface area contributed by atoms with Gasteiger partial charge in [-0.1, -0.05) is 44.2 Å². The summed E-state index contributed by atoms with van der Waals surface area (Å²) in [4.78, 5) is 62.4. The second-order valence-corrected chi connectivity index (χ2v) is 18.7. The van der Waals surface area contributed by atoms with Gasteiger partial charge in [-0.15, -0.1) is 13.2 Å². The van der Waals surface area contributed by atoms with Gasteiger partial charge in [-0.05, 0) is 83.1 Å². The van der Waals surface area contributed by atoms with E-state index in [1.165, 1.54) is 4.90 Å². The summed E-state index contributed by atoms with van der Waals surface area (Å²) in [5, 5.41) is 0.861. The third-order valence-corrected chi connectivity index (χ3v) is 13.0. The fourth-order valence-electron chi connectivity index (χ4n) is 7.92. The summed E-state index contributed by atoms with van der Waals surface area (Å²) in [5.74, 6) is -2.36. The highest BCUT2D eigenvalue weighted by atomic mass is 32.2. The average Bonchev–Trinajstić information content (AvgIpc) is 4.05. The minimum Gasteiger partial charge on any atom is -0.494 e. The standard InChI is InChI=1S/C42H57N3O9S/c1-9-11-14-26(3)19-27(4)33(21-37(47)54-41(5,6)7)39(48)45-25-29(53-38-32-16-13-12-15-31(32)36(52-8)24-43-38)20-34(45)35(46)23-42(22-28(42)10-2)40(49)44-55(50,51)30-17-18-30/h9-10,12-13,15-16,24,26-30,33-34H,1-2,11,14,17-23,25H2,3-8H3,(H,44,49)/t26?,27-,28-,29-,33?,34+,42-/m1/s1. The van der Waals surface area contributed by atoms with Gasteiger partial charge < -0.3 is 19.1 Å². The molecular weight excluding hydrogens is 723 g/mol. The third-order valence-electron chi connectivity index (χ3n) is 11.1. The van der Waals surface area contributed by atoms with Crippen LogP contribution in [0.15, 0.2) is 55.8 Å². The van der Waals surface area contributed by atoms with Crippen LogP contribution in [-0.2, 0) is 33.9 Å². The minimum atomic E-state index is -3.86. The van der Waals surface area contributed by atoms with Crippen LogP contribution in [0.1, 0.15) is 92.4 Å². The van der Waals surface area contributed by atoms with Crippen molar-refractivity contribution in [2.24, 2.45) is 29.1 Å². The van der Waals surface area contributed by atoms with Gasteiger partial charge in [0.15, 0.2) is 5.78 Å². The van der Waals surface area contributed by atoms with Gasteiger partial charge in [0.2, 0.25) is 27.7 Å². The molecule has 0 radical (unpaired) electrons. The van der Waals surface area contributed by atoms with Gasteiger partial charge in [0.1, 0.15) is 17.5 Å². The first kappa shape index (κ1) is 41.9. The number of nitrogens with zero attached hydrogens (tertiary/aromatic N) is 2. The summed E-state index contributed by atoms with van der Waals surface area (Å²) in [6.07, 6.45) is 7.53. The fraction of sp³-hybridized carbons (Fsp3) is 0.595. The van der Waals surface area contributed by atoms with E-state index in [4.69, 9.17) is 14.2 Å². The lowest BCUT2D eigenvalue weighted by molar-refractivity contribution is -0.160. The smallest absolute Gasteiger partial charge is 0.307 e. The highest BCUT2D eigenvalue weighted by molar-refractivity contribution is 7.90. The quantitative estimate of drug-likeness (QED) is 0.126. The molecule has 1 N–H and O–H groups in total. The fourth-order valence-corrected chi connectivity index (χ4v) is 9.31. The molecule has 0 spiro atoms. The van der Waals surface area contributed by atoms with Crippen LogP contribution in [0.2, 0.25) is 0 Å². The zero-order valence-corrected chi connectivity index (χ0v) is 33.9. The largest absolute Gasteiger partial charge is 0.494 e. The summed E-state index contributed by atoms with van der Waals surface area (Å²) in [5.41, 5.74) is -2.07. The first-order chi connectivity index (χ1) is 25.9. The van der Waals surface area contributed by atoms with Gasteiger partial charge in [-0.2, -0.15) is 0 Å². The Morgan fingerprint density at radius 1 is 1.11 bits per heavy atom. The number of pyridine rings is 1. The van der Waals surface area contributed by atoms with Crippen LogP contribution in [0.5, 0.6) is 11.6 Å². The molecule has 2 amide bonds. The number of carbonyl (C=O) groups excluding carboxylic acids is 4. The Bertz CT molecular complexity index is 1900. The number of esters is 1. The first-order valence-electron chi connectivity index (χ1n) is 19.4. The number of rotatable bonds is 19. The molecule has 1 aromatic carbocycles. The SMILES string of the molecule is C=CCCC(C)C[C@@H](C)C(CC(=O)OC(C)(C)C)C(=O)N1C[C@H](Oc2ncc(OC)c3ccccc23)C[C@H]1C(=O)C[C@]1(C(=O)NS(=O)(=O)C2CC2)C[C@H]1C=C. The molecule has 0 bridgehead atoms. The van der Waals surface area contributed by atoms with Crippen molar-refractivity contribution in [3.63, 3.8) is 0 Å². The van der Waals surface area contributed by atoms with Crippen LogP contribution >= 0.6 is 0 Å². The lowest BCUT2D eigenvalue weighted by Gasteiger charge is -2.32. The average molecular weight is 780 g/mol. The van der Waals surface area contributed by atoms with Crippen molar-refractivity contribution in [1.82, 2.24) is 14.6 Å². The lowest BCUT2D eigenvalue weighted by atomic mass is 9.82. The van der Waals surface area contributed by atoms with E-state index in [1.807, 2.05) is 37.3 Å². The van der Waals surface area contributed by atoms with Crippen molar-refractivity contribution < 1.29 is 41.8 Å². The number of ether oxygens (including phenoxy) is 3. The van der Waals surface area contributed by atoms with E-state index in [1.54, 1.807) is 40.2 Å². The van der Waals surface area contributed by atoms with Crippen molar-refractivity contribution in [3.05, 3.63) is 55.8 Å². The maximum atomic E-state index is 14.9. The summed E-state index contributed by atoms with van der Waals surface area (Å²) in [7, 11) is -2.31. The maximum Gasteiger partial charge on any atom is 0.307 e. The summed E-state index contributed by atoms with van der Waals surface area (Å²) >= 11 is 0. The molecule has 2 unspecified atom stereocenters. The Morgan fingerprint density at radius 2 is 1.80 bits per heavy atom. The number of ketones is 1. The Hall–Kier alpha value is -4.26. The zero-order valence-electron chi connectivity index (χ0n) is 33.0. The Balaban J connectivity index is 1.47. The van der Waals surface area contributed by atoms with Gasteiger partial charge in [0, 0.05) is 23.6 Å². The van der Waals surface area contributed by atoms with Crippen LogP contribution in [0, 0.1) is 29.1 Å². The minimum absolute atomic E-state index is 0.0287. The van der Waals surface area contributed by atoms with Gasteiger partial charge in [-0.3, -0.25) is 23.9 Å². The molecule has 2 heterocycles. The molecule has 1 aliphatic heterocycles. The molecule has 7 atom stereocenters. The van der Waals surface area contributed by atoms with Crippen molar-refractivity contribution in [3.8, 4) is 11.6 Å². The molecule has 3 fully saturated rings. The van der Waals surface area contributed by atoms with Crippen LogP contribution in [0.25, 0.3) is 10.8 Å². The summed E-state index contributed by atoms with van der Waals surface area (Å²) < 4.78 is 45.5. The molecule has 2 aromatic rings. The molecule has 1 aromatic heterocycles. The van der Waals surface area contributed by atoms with Crippen molar-refractivity contribution >= 4 is 44.4 Å². The van der Waals surface area contributed by atoms with Gasteiger partial charge in [-0.25, -0.2) is 13.4 Å². The Kier molecular flexibility index (Phi) is 12.8. The van der Waals surface area contributed by atoms with E-state index in [9.17, 15) is 27.6 Å².